The number of aliphatic carboxylic acids is 1. The summed E-state index contributed by atoms with van der Waals surface area (Å²) in [7, 11) is 3.25. The smallest absolute Gasteiger partial charge is 0.410 e. The molecule has 350 valence electrons. The van der Waals surface area contributed by atoms with Crippen LogP contribution in [0, 0.1) is 24.0 Å². The van der Waals surface area contributed by atoms with Crippen LogP contribution in [0.2, 0.25) is 0 Å². The molecule has 1 fully saturated rings. The number of nitrogens with two attached hydrogens (primary N) is 1. The Bertz CT molecular complexity index is 2540. The number of carbonyl (C=O) groups is 3. The van der Waals surface area contributed by atoms with Crippen LogP contribution in [-0.4, -0.2) is 118 Å². The lowest BCUT2D eigenvalue weighted by atomic mass is 9.85. The molecule has 3 aromatic heterocycles. The Morgan fingerprint density at radius 3 is 2.49 bits per heavy atom. The summed E-state index contributed by atoms with van der Waals surface area (Å²) in [5, 5.41) is 58.3. The topological polar surface area (TPSA) is 266 Å². The number of hydrogen-bond donors (Lipinski definition) is 7. The first-order valence-corrected chi connectivity index (χ1v) is 20.6. The molecule has 4 heterocycles. The molecular weight excluding hydrogens is 857 g/mol. The highest BCUT2D eigenvalue weighted by molar-refractivity contribution is 5.92. The molecule has 1 unspecified atom stereocenters. The van der Waals surface area contributed by atoms with Crippen LogP contribution in [0.15, 0.2) is 54.9 Å². The van der Waals surface area contributed by atoms with Gasteiger partial charge in [0, 0.05) is 62.1 Å². The summed E-state index contributed by atoms with van der Waals surface area (Å²) in [6, 6.07) is 9.98. The van der Waals surface area contributed by atoms with Gasteiger partial charge in [-0.15, -0.1) is 0 Å². The van der Waals surface area contributed by atoms with E-state index >= 15 is 4.39 Å². The Morgan fingerprint density at radius 2 is 1.80 bits per heavy atom. The predicted octanol–water partition coefficient (Wildman–Crippen LogP) is 3.35. The highest BCUT2D eigenvalue weighted by Crippen LogP contribution is 2.37. The Kier molecular flexibility index (Phi) is 14.8. The molecule has 8 N–H and O–H groups in total. The van der Waals surface area contributed by atoms with Crippen LogP contribution in [0.1, 0.15) is 61.5 Å². The van der Waals surface area contributed by atoms with Crippen LogP contribution in [-0.2, 0) is 45.7 Å². The van der Waals surface area contributed by atoms with Crippen molar-refractivity contribution in [1.29, 1.82) is 0 Å². The van der Waals surface area contributed by atoms with Crippen LogP contribution < -0.4 is 20.5 Å². The molecule has 1 aliphatic rings. The third-order valence-electron chi connectivity index (χ3n) is 10.9. The van der Waals surface area contributed by atoms with Crippen molar-refractivity contribution in [3.05, 3.63) is 94.7 Å². The lowest BCUT2D eigenvalue weighted by molar-refractivity contribution is -0.271. The molecule has 1 saturated heterocycles. The van der Waals surface area contributed by atoms with Gasteiger partial charge in [0.05, 0.1) is 36.4 Å². The first kappa shape index (κ1) is 48.2. The minimum atomic E-state index is -1.95. The number of amides is 2. The molecule has 19 nitrogen and oxygen atoms in total. The first-order valence-electron chi connectivity index (χ1n) is 20.6. The largest absolute Gasteiger partial charge is 0.489 e. The van der Waals surface area contributed by atoms with Crippen molar-refractivity contribution in [3.8, 4) is 22.6 Å². The van der Waals surface area contributed by atoms with E-state index in [0.717, 1.165) is 17.3 Å². The van der Waals surface area contributed by atoms with Gasteiger partial charge in [0.15, 0.2) is 17.7 Å². The van der Waals surface area contributed by atoms with Gasteiger partial charge in [0.2, 0.25) is 18.0 Å². The summed E-state index contributed by atoms with van der Waals surface area (Å²) in [5.74, 6) is -4.83. The number of pyridine rings is 1. The van der Waals surface area contributed by atoms with Crippen molar-refractivity contribution in [2.75, 3.05) is 25.5 Å². The summed E-state index contributed by atoms with van der Waals surface area (Å²) in [6.07, 6.45) is -7.70. The number of ether oxygens (including phenoxy) is 4. The van der Waals surface area contributed by atoms with Gasteiger partial charge in [-0.05, 0) is 54.3 Å². The fourth-order valence-electron chi connectivity index (χ4n) is 7.13. The van der Waals surface area contributed by atoms with E-state index in [1.54, 1.807) is 40.7 Å². The standard InChI is InChI=1S/C44H53F2N7O12/c1-22-26(34(50-52(22)6)40(58)44(2,3)4)14-16-62-38-27(9-10-28(45)33(38)46)24-8-12-31-48-18-25(53(31)19-24)20-51(5)43(61)63-21-23-7-11-30(29(17-23)49-32(54)13-15-47)64-42-37(57)35(55)36(56)39(65-42)41(59)60/h7-12,17-19,35-37,39-40,42,55-58H,13-16,20-21,47H2,1-6H3,(H,49,54)(H,59,60)/t35-,36-,37+,39-,40?,42+/m0/s1. The number of aliphatic hydroxyl groups is 4. The zero-order valence-electron chi connectivity index (χ0n) is 36.6. The average molecular weight is 910 g/mol. The van der Waals surface area contributed by atoms with E-state index in [1.165, 1.54) is 36.2 Å². The number of nitrogens with zero attached hydrogens (tertiary/aromatic N) is 5. The summed E-state index contributed by atoms with van der Waals surface area (Å²) in [5.41, 5.74) is 9.19. The Balaban J connectivity index is 1.15. The Labute approximate surface area is 371 Å². The van der Waals surface area contributed by atoms with Crippen molar-refractivity contribution >= 4 is 29.3 Å². The third kappa shape index (κ3) is 10.7. The number of fused-ring (bicyclic) bond motifs is 1. The fraction of sp³-hybridized carbons (Fsp3) is 0.432. The molecule has 0 saturated carbocycles. The molecule has 0 bridgehead atoms. The van der Waals surface area contributed by atoms with Crippen LogP contribution in [0.4, 0.5) is 19.3 Å². The van der Waals surface area contributed by atoms with Gasteiger partial charge in [-0.2, -0.15) is 9.49 Å². The highest BCUT2D eigenvalue weighted by Gasteiger charge is 2.48. The predicted molar refractivity (Wildman–Crippen MR) is 227 cm³/mol. The molecule has 0 radical (unpaired) electrons. The summed E-state index contributed by atoms with van der Waals surface area (Å²) >= 11 is 0. The molecule has 6 rings (SSSR count). The van der Waals surface area contributed by atoms with E-state index in [0.29, 0.717) is 28.2 Å². The lowest BCUT2D eigenvalue weighted by Gasteiger charge is -2.38. The van der Waals surface area contributed by atoms with Crippen molar-refractivity contribution < 1.29 is 67.6 Å². The molecule has 0 spiro atoms. The van der Waals surface area contributed by atoms with Gasteiger partial charge in [-0.1, -0.05) is 26.8 Å². The summed E-state index contributed by atoms with van der Waals surface area (Å²) in [4.78, 5) is 43.1. The zero-order chi connectivity index (χ0) is 47.5. The number of rotatable bonds is 16. The number of anilines is 1. The van der Waals surface area contributed by atoms with E-state index in [1.807, 2.05) is 27.7 Å². The van der Waals surface area contributed by atoms with Crippen LogP contribution in [0.25, 0.3) is 16.8 Å². The van der Waals surface area contributed by atoms with Crippen molar-refractivity contribution in [2.24, 2.45) is 18.2 Å². The Hall–Kier alpha value is -6.23. The number of carbonyl (C=O) groups excluding carboxylic acids is 2. The molecule has 0 aliphatic carbocycles. The van der Waals surface area contributed by atoms with Crippen molar-refractivity contribution in [3.63, 3.8) is 0 Å². The number of hydrogen-bond acceptors (Lipinski definition) is 14. The number of imidazole rings is 1. The maximum atomic E-state index is 15.5. The zero-order valence-corrected chi connectivity index (χ0v) is 36.6. The number of carboxylic acid groups (broad SMARTS) is 1. The second-order valence-electron chi connectivity index (χ2n) is 16.8. The van der Waals surface area contributed by atoms with Gasteiger partial charge >= 0.3 is 12.1 Å². The van der Waals surface area contributed by atoms with E-state index < -0.39 is 71.8 Å². The van der Waals surface area contributed by atoms with Gasteiger partial charge in [0.25, 0.3) is 0 Å². The Morgan fingerprint density at radius 1 is 1.06 bits per heavy atom. The van der Waals surface area contributed by atoms with E-state index in [4.69, 9.17) is 24.7 Å². The molecular formula is C44H53F2N7O12. The minimum Gasteiger partial charge on any atom is -0.489 e. The van der Waals surface area contributed by atoms with Gasteiger partial charge < -0.3 is 64.8 Å². The maximum absolute atomic E-state index is 15.5. The van der Waals surface area contributed by atoms with Crippen LogP contribution >= 0.6 is 0 Å². The molecule has 1 aliphatic heterocycles. The summed E-state index contributed by atoms with van der Waals surface area (Å²) in [6.45, 7) is 7.18. The minimum absolute atomic E-state index is 0.00737. The normalized spacial score (nSPS) is 19.2. The third-order valence-corrected chi connectivity index (χ3v) is 10.9. The number of aryl methyl sites for hydroxylation is 1. The van der Waals surface area contributed by atoms with Crippen molar-refractivity contribution in [2.45, 2.75) is 90.5 Å². The van der Waals surface area contributed by atoms with Gasteiger partial charge in [-0.25, -0.2) is 19.0 Å². The molecule has 6 atom stereocenters. The second-order valence-corrected chi connectivity index (χ2v) is 16.8. The monoisotopic (exact) mass is 909 g/mol. The quantitative estimate of drug-likeness (QED) is 0.0749. The molecule has 21 heteroatoms. The summed E-state index contributed by atoms with van der Waals surface area (Å²) < 4.78 is 55.9. The molecule has 2 amide bonds. The average Bonchev–Trinajstić information content (AvgIpc) is 3.79. The molecule has 65 heavy (non-hydrogen) atoms. The van der Waals surface area contributed by atoms with E-state index in [2.05, 4.69) is 15.4 Å². The molecule has 5 aromatic rings. The number of benzene rings is 2. The number of carboxylic acids is 1. The van der Waals surface area contributed by atoms with Gasteiger partial charge in [-0.3, -0.25) is 9.48 Å². The fourth-order valence-corrected chi connectivity index (χ4v) is 7.13. The first-order chi connectivity index (χ1) is 30.7. The SMILES string of the molecule is Cc1c(CCOc2c(-c3ccc4ncc(CN(C)C(=O)OCc5ccc(O[C@@H]6O[C@H](C(=O)O)[C@@H](O)[C@H](O)[C@H]6O)c(NC(=O)CCN)c5)n4c3)ccc(F)c2F)c(C(O)C(C)(C)C)nn1C. The number of aliphatic hydroxyl groups excluding tert-OH is 4. The van der Waals surface area contributed by atoms with E-state index in [-0.39, 0.29) is 61.9 Å². The van der Waals surface area contributed by atoms with E-state index in [9.17, 15) is 44.3 Å². The van der Waals surface area contributed by atoms with Gasteiger partial charge in [0.1, 0.15) is 42.4 Å². The maximum Gasteiger partial charge on any atom is 0.410 e. The second kappa shape index (κ2) is 19.9. The number of nitrogens with one attached hydrogen (secondary N) is 1. The number of halogens is 2. The van der Waals surface area contributed by atoms with Crippen LogP contribution in [0.3, 0.4) is 0 Å². The number of aromatic nitrogens is 4. The van der Waals surface area contributed by atoms with Crippen molar-refractivity contribution in [1.82, 2.24) is 24.1 Å². The molecule has 2 aromatic carbocycles. The highest BCUT2D eigenvalue weighted by atomic mass is 19.2. The van der Waals surface area contributed by atoms with Crippen LogP contribution in [0.5, 0.6) is 11.5 Å². The lowest BCUT2D eigenvalue weighted by Crippen LogP contribution is -2.61.